The predicted molar refractivity (Wildman–Crippen MR) is 63.2 cm³/mol. The number of rotatable bonds is 3. The second kappa shape index (κ2) is 5.78. The quantitative estimate of drug-likeness (QED) is 0.790. The highest BCUT2D eigenvalue weighted by molar-refractivity contribution is 5.79. The number of carbonyl (C=O) groups is 1. The van der Waals surface area contributed by atoms with Gasteiger partial charge in [-0.05, 0) is 37.5 Å². The lowest BCUT2D eigenvalue weighted by molar-refractivity contribution is -0.121. The fourth-order valence-electron chi connectivity index (χ4n) is 2.95. The molecule has 3 nitrogen and oxygen atoms in total. The van der Waals surface area contributed by atoms with Gasteiger partial charge in [-0.15, -0.1) is 0 Å². The molecule has 0 unspecified atom stereocenters. The summed E-state index contributed by atoms with van der Waals surface area (Å²) in [5.74, 6) is 1.79. The van der Waals surface area contributed by atoms with E-state index in [4.69, 9.17) is 5.11 Å². The van der Waals surface area contributed by atoms with E-state index in [1.807, 2.05) is 0 Å². The van der Waals surface area contributed by atoms with Crippen molar-refractivity contribution in [1.29, 1.82) is 0 Å². The van der Waals surface area contributed by atoms with Gasteiger partial charge in [0.25, 0.3) is 0 Å². The average molecular weight is 225 g/mol. The molecule has 0 aromatic rings. The van der Waals surface area contributed by atoms with Gasteiger partial charge in [0.05, 0.1) is 0 Å². The number of aliphatic hydroxyl groups is 1. The van der Waals surface area contributed by atoms with E-state index in [2.05, 4.69) is 4.90 Å². The Labute approximate surface area is 97.8 Å². The van der Waals surface area contributed by atoms with Gasteiger partial charge < -0.3 is 10.0 Å². The molecule has 0 aromatic heterocycles. The van der Waals surface area contributed by atoms with Crippen molar-refractivity contribution in [2.75, 3.05) is 26.2 Å². The van der Waals surface area contributed by atoms with Crippen LogP contribution in [0, 0.1) is 11.8 Å². The van der Waals surface area contributed by atoms with Crippen molar-refractivity contribution in [1.82, 2.24) is 4.90 Å². The van der Waals surface area contributed by atoms with Crippen LogP contribution in [0.4, 0.5) is 0 Å². The summed E-state index contributed by atoms with van der Waals surface area (Å²) in [5.41, 5.74) is 0. The third kappa shape index (κ3) is 3.29. The number of carbonyl (C=O) groups excluding carboxylic acids is 1. The lowest BCUT2D eigenvalue weighted by Gasteiger charge is -2.33. The van der Waals surface area contributed by atoms with Crippen molar-refractivity contribution in [2.45, 2.75) is 38.5 Å². The molecule has 0 atom stereocenters. The van der Waals surface area contributed by atoms with E-state index in [-0.39, 0.29) is 0 Å². The van der Waals surface area contributed by atoms with Crippen LogP contribution in [0.2, 0.25) is 0 Å². The van der Waals surface area contributed by atoms with Crippen molar-refractivity contribution >= 4 is 5.78 Å². The van der Waals surface area contributed by atoms with Gasteiger partial charge in [-0.25, -0.2) is 0 Å². The minimum Gasteiger partial charge on any atom is -0.396 e. The van der Waals surface area contributed by atoms with Gasteiger partial charge in [-0.3, -0.25) is 4.79 Å². The van der Waals surface area contributed by atoms with Gasteiger partial charge in [0, 0.05) is 39.1 Å². The van der Waals surface area contributed by atoms with Gasteiger partial charge in [0.2, 0.25) is 0 Å². The number of hydrogen-bond donors (Lipinski definition) is 1. The highest BCUT2D eigenvalue weighted by Crippen LogP contribution is 2.29. The predicted octanol–water partition coefficient (Wildman–Crippen LogP) is 1.45. The third-order valence-electron chi connectivity index (χ3n) is 4.15. The molecule has 0 spiro atoms. The molecule has 2 aliphatic rings. The number of likely N-dealkylation sites (tertiary alicyclic amines) is 1. The van der Waals surface area contributed by atoms with Crippen molar-refractivity contribution in [3.63, 3.8) is 0 Å². The van der Waals surface area contributed by atoms with Crippen molar-refractivity contribution in [2.24, 2.45) is 11.8 Å². The van der Waals surface area contributed by atoms with Crippen LogP contribution in [-0.4, -0.2) is 42.0 Å². The Morgan fingerprint density at radius 2 is 1.62 bits per heavy atom. The van der Waals surface area contributed by atoms with E-state index < -0.39 is 0 Å². The number of Topliss-reactive ketones (excluding diaryl/α,β-unsaturated/α-hetero) is 1. The fourth-order valence-corrected chi connectivity index (χ4v) is 2.95. The molecule has 2 fully saturated rings. The number of ketones is 1. The Balaban J connectivity index is 1.68. The van der Waals surface area contributed by atoms with Crippen LogP contribution in [0.5, 0.6) is 0 Å². The SMILES string of the molecule is O=C1CCN(C[C@H]2CC[C@H](CO)CC2)CC1. The first-order valence-corrected chi connectivity index (χ1v) is 6.63. The van der Waals surface area contributed by atoms with Crippen LogP contribution < -0.4 is 0 Å². The Hall–Kier alpha value is -0.410. The first kappa shape index (κ1) is 12.1. The maximum atomic E-state index is 11.1. The van der Waals surface area contributed by atoms with Crippen LogP contribution >= 0.6 is 0 Å². The monoisotopic (exact) mass is 225 g/mol. The van der Waals surface area contributed by atoms with E-state index in [0.717, 1.165) is 31.8 Å². The highest BCUT2D eigenvalue weighted by Gasteiger charge is 2.24. The molecule has 92 valence electrons. The van der Waals surface area contributed by atoms with Crippen LogP contribution in [0.15, 0.2) is 0 Å². The molecule has 0 bridgehead atoms. The van der Waals surface area contributed by atoms with Gasteiger partial charge in [-0.2, -0.15) is 0 Å². The van der Waals surface area contributed by atoms with E-state index in [0.29, 0.717) is 18.3 Å². The first-order chi connectivity index (χ1) is 7.78. The molecule has 16 heavy (non-hydrogen) atoms. The highest BCUT2D eigenvalue weighted by atomic mass is 16.3. The largest absolute Gasteiger partial charge is 0.396 e. The standard InChI is InChI=1S/C13H23NO2/c15-10-12-3-1-11(2-4-12)9-14-7-5-13(16)6-8-14/h11-12,15H,1-10H2/t11-,12-. The summed E-state index contributed by atoms with van der Waals surface area (Å²) in [5, 5.41) is 9.08. The Bertz CT molecular complexity index is 224. The number of hydrogen-bond acceptors (Lipinski definition) is 3. The summed E-state index contributed by atoms with van der Waals surface area (Å²) in [6.07, 6.45) is 6.41. The molecule has 2 rings (SSSR count). The zero-order valence-corrected chi connectivity index (χ0v) is 10.0. The van der Waals surface area contributed by atoms with E-state index in [1.165, 1.54) is 32.2 Å². The zero-order valence-electron chi connectivity index (χ0n) is 10.0. The summed E-state index contributed by atoms with van der Waals surface area (Å²) >= 11 is 0. The van der Waals surface area contributed by atoms with Crippen molar-refractivity contribution < 1.29 is 9.90 Å². The van der Waals surface area contributed by atoms with Crippen molar-refractivity contribution in [3.05, 3.63) is 0 Å². The van der Waals surface area contributed by atoms with Gasteiger partial charge >= 0.3 is 0 Å². The molecule has 1 saturated heterocycles. The van der Waals surface area contributed by atoms with Crippen molar-refractivity contribution in [3.8, 4) is 0 Å². The summed E-state index contributed by atoms with van der Waals surface area (Å²) < 4.78 is 0. The zero-order chi connectivity index (χ0) is 11.4. The minimum absolute atomic E-state index is 0.366. The molecule has 1 saturated carbocycles. The maximum absolute atomic E-state index is 11.1. The normalized spacial score (nSPS) is 32.9. The molecule has 1 aliphatic heterocycles. The Morgan fingerprint density at radius 3 is 2.19 bits per heavy atom. The molecule has 0 amide bonds. The lowest BCUT2D eigenvalue weighted by Crippen LogP contribution is -2.38. The fraction of sp³-hybridized carbons (Fsp3) is 0.923. The summed E-state index contributed by atoms with van der Waals surface area (Å²) in [6, 6.07) is 0. The summed E-state index contributed by atoms with van der Waals surface area (Å²) in [7, 11) is 0. The Kier molecular flexibility index (Phi) is 4.36. The van der Waals surface area contributed by atoms with Gasteiger partial charge in [0.15, 0.2) is 0 Å². The number of nitrogens with zero attached hydrogens (tertiary/aromatic N) is 1. The topological polar surface area (TPSA) is 40.5 Å². The Morgan fingerprint density at radius 1 is 1.06 bits per heavy atom. The molecular formula is C13H23NO2. The minimum atomic E-state index is 0.366. The molecule has 0 radical (unpaired) electrons. The molecular weight excluding hydrogens is 202 g/mol. The smallest absolute Gasteiger partial charge is 0.135 e. The first-order valence-electron chi connectivity index (χ1n) is 6.63. The lowest BCUT2D eigenvalue weighted by atomic mass is 9.82. The molecule has 0 aromatic carbocycles. The molecule has 1 N–H and O–H groups in total. The maximum Gasteiger partial charge on any atom is 0.135 e. The van der Waals surface area contributed by atoms with E-state index in [1.54, 1.807) is 0 Å². The van der Waals surface area contributed by atoms with Gasteiger partial charge in [-0.1, -0.05) is 0 Å². The van der Waals surface area contributed by atoms with Crippen LogP contribution in [0.1, 0.15) is 38.5 Å². The number of piperidine rings is 1. The number of aliphatic hydroxyl groups excluding tert-OH is 1. The molecule has 1 heterocycles. The van der Waals surface area contributed by atoms with Crippen LogP contribution in [-0.2, 0) is 4.79 Å². The molecule has 3 heteroatoms. The third-order valence-corrected chi connectivity index (χ3v) is 4.15. The van der Waals surface area contributed by atoms with Crippen LogP contribution in [0.25, 0.3) is 0 Å². The van der Waals surface area contributed by atoms with E-state index >= 15 is 0 Å². The second-order valence-electron chi connectivity index (χ2n) is 5.41. The van der Waals surface area contributed by atoms with Gasteiger partial charge in [0.1, 0.15) is 5.78 Å². The second-order valence-corrected chi connectivity index (χ2v) is 5.41. The summed E-state index contributed by atoms with van der Waals surface area (Å²) in [6.45, 7) is 3.48. The van der Waals surface area contributed by atoms with Crippen LogP contribution in [0.3, 0.4) is 0 Å². The van der Waals surface area contributed by atoms with E-state index in [9.17, 15) is 4.79 Å². The molecule has 1 aliphatic carbocycles. The summed E-state index contributed by atoms with van der Waals surface area (Å²) in [4.78, 5) is 13.6. The average Bonchev–Trinajstić information content (AvgIpc) is 2.33.